The Hall–Kier alpha value is -2.09. The first-order valence-electron chi connectivity index (χ1n) is 6.90. The Bertz CT molecular complexity index is 642. The first-order chi connectivity index (χ1) is 9.51. The number of hydrogen-bond acceptors (Lipinski definition) is 2. The molecule has 0 saturated heterocycles. The van der Waals surface area contributed by atoms with Gasteiger partial charge in [0.25, 0.3) is 0 Å². The highest BCUT2D eigenvalue weighted by Gasteiger charge is 2.08. The number of Topliss-reactive ketones (excluding diaryl/α,β-unsaturated/α-hetero) is 1. The van der Waals surface area contributed by atoms with Gasteiger partial charge in [-0.1, -0.05) is 25.1 Å². The van der Waals surface area contributed by atoms with Crippen LogP contribution in [-0.4, -0.2) is 5.78 Å². The van der Waals surface area contributed by atoms with Gasteiger partial charge in [-0.2, -0.15) is 0 Å². The van der Waals surface area contributed by atoms with Crippen molar-refractivity contribution in [3.05, 3.63) is 58.7 Å². The standard InChI is InChI=1S/C18H20O2/c1-5-17(19)15-7-6-8-16(11-15)20-18-10-12(2)9-13(3)14(18)4/h6-11H,5H2,1-4H3. The van der Waals surface area contributed by atoms with Crippen molar-refractivity contribution in [2.45, 2.75) is 34.1 Å². The predicted octanol–water partition coefficient (Wildman–Crippen LogP) is 5.00. The molecule has 0 saturated carbocycles. The molecule has 2 nitrogen and oxygen atoms in total. The quantitative estimate of drug-likeness (QED) is 0.730. The molecule has 20 heavy (non-hydrogen) atoms. The molecular weight excluding hydrogens is 248 g/mol. The van der Waals surface area contributed by atoms with E-state index in [0.717, 1.165) is 11.3 Å². The molecule has 0 N–H and O–H groups in total. The molecule has 2 heteroatoms. The zero-order valence-electron chi connectivity index (χ0n) is 12.5. The zero-order chi connectivity index (χ0) is 14.7. The Morgan fingerprint density at radius 2 is 1.85 bits per heavy atom. The summed E-state index contributed by atoms with van der Waals surface area (Å²) in [6.07, 6.45) is 0.506. The van der Waals surface area contributed by atoms with Gasteiger partial charge in [0.1, 0.15) is 11.5 Å². The van der Waals surface area contributed by atoms with Crippen molar-refractivity contribution in [1.29, 1.82) is 0 Å². The number of aryl methyl sites for hydroxylation is 2. The summed E-state index contributed by atoms with van der Waals surface area (Å²) < 4.78 is 5.95. The minimum atomic E-state index is 0.132. The van der Waals surface area contributed by atoms with E-state index in [0.29, 0.717) is 17.7 Å². The van der Waals surface area contributed by atoms with Crippen LogP contribution in [0.2, 0.25) is 0 Å². The second-order valence-corrected chi connectivity index (χ2v) is 5.11. The molecule has 104 valence electrons. The van der Waals surface area contributed by atoms with E-state index in [-0.39, 0.29) is 5.78 Å². The van der Waals surface area contributed by atoms with E-state index in [4.69, 9.17) is 4.74 Å². The van der Waals surface area contributed by atoms with Crippen molar-refractivity contribution in [1.82, 2.24) is 0 Å². The molecule has 0 bridgehead atoms. The van der Waals surface area contributed by atoms with Gasteiger partial charge in [-0.15, -0.1) is 0 Å². The maximum Gasteiger partial charge on any atom is 0.162 e. The van der Waals surface area contributed by atoms with Gasteiger partial charge in [-0.25, -0.2) is 0 Å². The second kappa shape index (κ2) is 5.91. The van der Waals surface area contributed by atoms with E-state index >= 15 is 0 Å². The molecule has 0 heterocycles. The molecule has 0 radical (unpaired) electrons. The van der Waals surface area contributed by atoms with Gasteiger partial charge in [0.05, 0.1) is 0 Å². The topological polar surface area (TPSA) is 26.3 Å². The van der Waals surface area contributed by atoms with Crippen molar-refractivity contribution in [3.8, 4) is 11.5 Å². The fourth-order valence-electron chi connectivity index (χ4n) is 2.17. The number of ether oxygens (including phenoxy) is 1. The molecule has 2 aromatic carbocycles. The third-order valence-electron chi connectivity index (χ3n) is 3.47. The highest BCUT2D eigenvalue weighted by molar-refractivity contribution is 5.96. The normalized spacial score (nSPS) is 10.4. The Labute approximate surface area is 120 Å². The van der Waals surface area contributed by atoms with Crippen LogP contribution in [0.25, 0.3) is 0 Å². The molecule has 0 aliphatic carbocycles. The van der Waals surface area contributed by atoms with Gasteiger partial charge in [0.15, 0.2) is 5.78 Å². The lowest BCUT2D eigenvalue weighted by Gasteiger charge is -2.12. The smallest absolute Gasteiger partial charge is 0.162 e. The van der Waals surface area contributed by atoms with Gasteiger partial charge in [-0.3, -0.25) is 4.79 Å². The van der Waals surface area contributed by atoms with Gasteiger partial charge < -0.3 is 4.74 Å². The summed E-state index contributed by atoms with van der Waals surface area (Å²) >= 11 is 0. The van der Waals surface area contributed by atoms with Crippen molar-refractivity contribution >= 4 is 5.78 Å². The SMILES string of the molecule is CCC(=O)c1cccc(Oc2cc(C)cc(C)c2C)c1. The fraction of sp³-hybridized carbons (Fsp3) is 0.278. The Morgan fingerprint density at radius 3 is 2.55 bits per heavy atom. The van der Waals surface area contributed by atoms with Crippen LogP contribution in [-0.2, 0) is 0 Å². The molecule has 2 rings (SSSR count). The van der Waals surface area contributed by atoms with Crippen molar-refractivity contribution in [2.24, 2.45) is 0 Å². The minimum Gasteiger partial charge on any atom is -0.457 e. The molecule has 0 aliphatic rings. The van der Waals surface area contributed by atoms with Crippen molar-refractivity contribution < 1.29 is 9.53 Å². The number of carbonyl (C=O) groups is 1. The highest BCUT2D eigenvalue weighted by atomic mass is 16.5. The van der Waals surface area contributed by atoms with Gasteiger partial charge in [0.2, 0.25) is 0 Å². The van der Waals surface area contributed by atoms with Crippen molar-refractivity contribution in [2.75, 3.05) is 0 Å². The number of benzene rings is 2. The van der Waals surface area contributed by atoms with E-state index in [1.807, 2.05) is 44.2 Å². The maximum atomic E-state index is 11.7. The Morgan fingerprint density at radius 1 is 1.10 bits per heavy atom. The summed E-state index contributed by atoms with van der Waals surface area (Å²) in [5.74, 6) is 1.69. The molecule has 2 aromatic rings. The molecule has 0 atom stereocenters. The first-order valence-corrected chi connectivity index (χ1v) is 6.90. The summed E-state index contributed by atoms with van der Waals surface area (Å²) in [7, 11) is 0. The predicted molar refractivity (Wildman–Crippen MR) is 81.8 cm³/mol. The first kappa shape index (κ1) is 14.3. The largest absolute Gasteiger partial charge is 0.457 e. The monoisotopic (exact) mass is 268 g/mol. The van der Waals surface area contributed by atoms with Crippen LogP contribution in [0.4, 0.5) is 0 Å². The third-order valence-corrected chi connectivity index (χ3v) is 3.47. The lowest BCUT2D eigenvalue weighted by molar-refractivity contribution is 0.0988. The number of carbonyl (C=O) groups excluding carboxylic acids is 1. The van der Waals surface area contributed by atoms with E-state index in [2.05, 4.69) is 19.9 Å². The van der Waals surface area contributed by atoms with E-state index in [9.17, 15) is 4.79 Å². The average molecular weight is 268 g/mol. The van der Waals surface area contributed by atoms with Crippen molar-refractivity contribution in [3.63, 3.8) is 0 Å². The second-order valence-electron chi connectivity index (χ2n) is 5.11. The lowest BCUT2D eigenvalue weighted by atomic mass is 10.1. The summed E-state index contributed by atoms with van der Waals surface area (Å²) in [5, 5.41) is 0. The molecular formula is C18H20O2. The highest BCUT2D eigenvalue weighted by Crippen LogP contribution is 2.29. The summed E-state index contributed by atoms with van der Waals surface area (Å²) in [5.41, 5.74) is 4.21. The van der Waals surface area contributed by atoms with E-state index < -0.39 is 0 Å². The lowest BCUT2D eigenvalue weighted by Crippen LogP contribution is -1.97. The van der Waals surface area contributed by atoms with Crippen LogP contribution in [0.1, 0.15) is 40.4 Å². The van der Waals surface area contributed by atoms with Gasteiger partial charge in [0, 0.05) is 12.0 Å². The van der Waals surface area contributed by atoms with Crippen LogP contribution in [0.3, 0.4) is 0 Å². The molecule has 0 aliphatic heterocycles. The van der Waals surface area contributed by atoms with E-state index in [1.165, 1.54) is 11.1 Å². The molecule has 0 aromatic heterocycles. The number of hydrogen-bond donors (Lipinski definition) is 0. The van der Waals surface area contributed by atoms with Crippen LogP contribution in [0, 0.1) is 20.8 Å². The number of ketones is 1. The molecule has 0 fully saturated rings. The van der Waals surface area contributed by atoms with E-state index in [1.54, 1.807) is 0 Å². The van der Waals surface area contributed by atoms with Crippen LogP contribution in [0.5, 0.6) is 11.5 Å². The van der Waals surface area contributed by atoms with Crippen LogP contribution < -0.4 is 4.74 Å². The third kappa shape index (κ3) is 3.08. The van der Waals surface area contributed by atoms with Crippen LogP contribution in [0.15, 0.2) is 36.4 Å². The summed E-state index contributed by atoms with van der Waals surface area (Å²) in [6, 6.07) is 11.5. The van der Waals surface area contributed by atoms with Crippen LogP contribution >= 0.6 is 0 Å². The Balaban J connectivity index is 2.33. The fourth-order valence-corrected chi connectivity index (χ4v) is 2.17. The Kier molecular flexibility index (Phi) is 4.23. The van der Waals surface area contributed by atoms with Gasteiger partial charge in [-0.05, 0) is 55.7 Å². The average Bonchev–Trinajstić information content (AvgIpc) is 2.43. The molecule has 0 unspecified atom stereocenters. The zero-order valence-corrected chi connectivity index (χ0v) is 12.5. The molecule has 0 amide bonds. The molecule has 0 spiro atoms. The minimum absolute atomic E-state index is 0.132. The summed E-state index contributed by atoms with van der Waals surface area (Å²) in [4.78, 5) is 11.7. The maximum absolute atomic E-state index is 11.7. The number of rotatable bonds is 4. The summed E-state index contributed by atoms with van der Waals surface area (Å²) in [6.45, 7) is 8.04. The van der Waals surface area contributed by atoms with Gasteiger partial charge >= 0.3 is 0 Å².